The largest absolute Gasteiger partial charge is 0.459 e. The van der Waals surface area contributed by atoms with E-state index in [-0.39, 0.29) is 12.7 Å². The number of hydrogen-bond donors (Lipinski definition) is 1. The average molecular weight is 302 g/mol. The van der Waals surface area contributed by atoms with Gasteiger partial charge in [-0.1, -0.05) is 31.6 Å². The van der Waals surface area contributed by atoms with Gasteiger partial charge in [-0.3, -0.25) is 0 Å². The van der Waals surface area contributed by atoms with E-state index < -0.39 is 0 Å². The molecule has 3 heteroatoms. The maximum atomic E-state index is 9.01. The molecule has 2 rings (SSSR count). The van der Waals surface area contributed by atoms with Crippen LogP contribution in [0.25, 0.3) is 6.08 Å². The molecule has 1 aliphatic rings. The molecule has 0 amide bonds. The van der Waals surface area contributed by atoms with E-state index in [9.17, 15) is 0 Å². The zero-order chi connectivity index (χ0) is 15.9. The summed E-state index contributed by atoms with van der Waals surface area (Å²) in [6.07, 6.45) is 8.44. The summed E-state index contributed by atoms with van der Waals surface area (Å²) in [6, 6.07) is 3.68. The molecule has 1 atom stereocenters. The van der Waals surface area contributed by atoms with Gasteiger partial charge in [-0.05, 0) is 55.5 Å². The number of furan rings is 1. The summed E-state index contributed by atoms with van der Waals surface area (Å²) in [5, 5.41) is 9.01. The van der Waals surface area contributed by atoms with Crippen molar-refractivity contribution in [1.29, 1.82) is 0 Å². The summed E-state index contributed by atoms with van der Waals surface area (Å²) >= 11 is 0. The van der Waals surface area contributed by atoms with Crippen molar-refractivity contribution in [3.05, 3.63) is 53.0 Å². The van der Waals surface area contributed by atoms with Gasteiger partial charge in [0.25, 0.3) is 0 Å². The Morgan fingerprint density at radius 1 is 1.41 bits per heavy atom. The molecule has 0 saturated heterocycles. The minimum Gasteiger partial charge on any atom is -0.459 e. The van der Waals surface area contributed by atoms with Crippen LogP contribution in [-0.4, -0.2) is 17.8 Å². The number of ether oxygens (including phenoxy) is 1. The lowest BCUT2D eigenvalue weighted by atomic mass is 9.95. The Balaban J connectivity index is 1.89. The summed E-state index contributed by atoms with van der Waals surface area (Å²) in [4.78, 5) is 0. The van der Waals surface area contributed by atoms with Crippen LogP contribution < -0.4 is 0 Å². The molecule has 22 heavy (non-hydrogen) atoms. The first-order chi connectivity index (χ1) is 10.6. The van der Waals surface area contributed by atoms with Crippen LogP contribution in [0.3, 0.4) is 0 Å². The van der Waals surface area contributed by atoms with Crippen LogP contribution in [0.5, 0.6) is 0 Å². The summed E-state index contributed by atoms with van der Waals surface area (Å²) in [6.45, 7) is 9.09. The third-order valence-corrected chi connectivity index (χ3v) is 3.94. The Labute approximate surface area is 133 Å². The number of aliphatic hydroxyl groups excluding tert-OH is 1. The lowest BCUT2D eigenvalue weighted by Crippen LogP contribution is -2.11. The highest BCUT2D eigenvalue weighted by atomic mass is 16.5. The molecule has 0 aliphatic carbocycles. The highest BCUT2D eigenvalue weighted by molar-refractivity contribution is 5.47. The molecule has 0 aromatic carbocycles. The van der Waals surface area contributed by atoms with Crippen LogP contribution in [0.1, 0.15) is 51.1 Å². The highest BCUT2D eigenvalue weighted by Crippen LogP contribution is 2.28. The molecule has 0 saturated carbocycles. The van der Waals surface area contributed by atoms with Gasteiger partial charge in [0.05, 0.1) is 12.7 Å². The molecular formula is C19H26O3. The Morgan fingerprint density at radius 2 is 2.23 bits per heavy atom. The van der Waals surface area contributed by atoms with Gasteiger partial charge in [0.2, 0.25) is 0 Å². The van der Waals surface area contributed by atoms with Crippen molar-refractivity contribution < 1.29 is 14.3 Å². The molecule has 3 nitrogen and oxygen atoms in total. The Bertz CT molecular complexity index is 563. The molecule has 1 aromatic heterocycles. The first-order valence-electron chi connectivity index (χ1n) is 8.00. The second kappa shape index (κ2) is 8.16. The van der Waals surface area contributed by atoms with Gasteiger partial charge >= 0.3 is 0 Å². The van der Waals surface area contributed by atoms with Crippen molar-refractivity contribution in [1.82, 2.24) is 0 Å². The molecule has 0 spiro atoms. The molecule has 0 bridgehead atoms. The van der Waals surface area contributed by atoms with Crippen molar-refractivity contribution in [3.63, 3.8) is 0 Å². The average Bonchev–Trinajstić information content (AvgIpc) is 3.14. The minimum atomic E-state index is -0.0590. The monoisotopic (exact) mass is 302 g/mol. The standard InChI is InChI=1S/C19H26O3/c1-4-5-15(3)18-10-11-21-19(18)9-6-14(2)12-16-7-8-17(13-20)22-16/h7-8,10,12,19-20H,3-6,9,11,13H2,1-2H3/b14-12+. The normalized spacial score (nSPS) is 18.6. The molecule has 1 aromatic rings. The predicted molar refractivity (Wildman–Crippen MR) is 89.4 cm³/mol. The van der Waals surface area contributed by atoms with Crippen molar-refractivity contribution in [2.75, 3.05) is 6.61 Å². The lowest BCUT2D eigenvalue weighted by molar-refractivity contribution is 0.116. The second-order valence-electron chi connectivity index (χ2n) is 5.83. The van der Waals surface area contributed by atoms with Crippen LogP contribution >= 0.6 is 0 Å². The third kappa shape index (κ3) is 4.46. The zero-order valence-corrected chi connectivity index (χ0v) is 13.6. The van der Waals surface area contributed by atoms with E-state index in [0.29, 0.717) is 12.4 Å². The summed E-state index contributed by atoms with van der Waals surface area (Å²) in [5.74, 6) is 1.39. The van der Waals surface area contributed by atoms with E-state index in [1.54, 1.807) is 6.07 Å². The van der Waals surface area contributed by atoms with E-state index >= 15 is 0 Å². The van der Waals surface area contributed by atoms with Gasteiger partial charge in [0.15, 0.2) is 0 Å². The van der Waals surface area contributed by atoms with Gasteiger partial charge in [-0.25, -0.2) is 0 Å². The Kier molecular flexibility index (Phi) is 6.22. The summed E-state index contributed by atoms with van der Waals surface area (Å²) in [7, 11) is 0. The molecule has 0 fully saturated rings. The predicted octanol–water partition coefficient (Wildman–Crippen LogP) is 4.64. The van der Waals surface area contributed by atoms with E-state index in [4.69, 9.17) is 14.3 Å². The van der Waals surface area contributed by atoms with Crippen LogP contribution in [0.4, 0.5) is 0 Å². The lowest BCUT2D eigenvalue weighted by Gasteiger charge is -2.16. The van der Waals surface area contributed by atoms with Crippen molar-refractivity contribution >= 4 is 6.08 Å². The quantitative estimate of drug-likeness (QED) is 0.761. The summed E-state index contributed by atoms with van der Waals surface area (Å²) in [5.41, 5.74) is 3.75. The van der Waals surface area contributed by atoms with E-state index in [1.165, 1.54) is 16.7 Å². The molecule has 0 radical (unpaired) electrons. The topological polar surface area (TPSA) is 42.6 Å². The van der Waals surface area contributed by atoms with Gasteiger partial charge in [-0.2, -0.15) is 0 Å². The number of aliphatic hydroxyl groups is 1. The summed E-state index contributed by atoms with van der Waals surface area (Å²) < 4.78 is 11.3. The van der Waals surface area contributed by atoms with Crippen LogP contribution in [0, 0.1) is 0 Å². The smallest absolute Gasteiger partial charge is 0.130 e. The first kappa shape index (κ1) is 16.8. The highest BCUT2D eigenvalue weighted by Gasteiger charge is 2.21. The molecule has 120 valence electrons. The molecule has 1 unspecified atom stereocenters. The first-order valence-corrected chi connectivity index (χ1v) is 8.00. The fourth-order valence-corrected chi connectivity index (χ4v) is 2.76. The third-order valence-electron chi connectivity index (χ3n) is 3.94. The van der Waals surface area contributed by atoms with E-state index in [1.807, 2.05) is 12.1 Å². The number of rotatable bonds is 8. The number of allylic oxidation sites excluding steroid dienone is 1. The fourth-order valence-electron chi connectivity index (χ4n) is 2.76. The van der Waals surface area contributed by atoms with E-state index in [2.05, 4.69) is 26.5 Å². The van der Waals surface area contributed by atoms with Crippen LogP contribution in [-0.2, 0) is 11.3 Å². The Morgan fingerprint density at radius 3 is 2.91 bits per heavy atom. The second-order valence-corrected chi connectivity index (χ2v) is 5.83. The van der Waals surface area contributed by atoms with Gasteiger partial charge < -0.3 is 14.3 Å². The molecule has 1 N–H and O–H groups in total. The SMILES string of the molecule is C=C(CCC)C1=CCOC1CC/C(C)=C/c1ccc(CO)o1. The van der Waals surface area contributed by atoms with Crippen LogP contribution in [0.2, 0.25) is 0 Å². The van der Waals surface area contributed by atoms with Gasteiger partial charge in [0.1, 0.15) is 18.1 Å². The van der Waals surface area contributed by atoms with Crippen molar-refractivity contribution in [2.24, 2.45) is 0 Å². The van der Waals surface area contributed by atoms with Gasteiger partial charge in [0, 0.05) is 0 Å². The van der Waals surface area contributed by atoms with Crippen molar-refractivity contribution in [3.8, 4) is 0 Å². The molecule has 2 heterocycles. The Hall–Kier alpha value is -1.58. The van der Waals surface area contributed by atoms with Crippen molar-refractivity contribution in [2.45, 2.75) is 52.2 Å². The van der Waals surface area contributed by atoms with Crippen LogP contribution in [0.15, 0.2) is 45.9 Å². The molecule has 1 aliphatic heterocycles. The fraction of sp³-hybridized carbons (Fsp3) is 0.474. The van der Waals surface area contributed by atoms with E-state index in [0.717, 1.165) is 31.4 Å². The minimum absolute atomic E-state index is 0.0590. The number of hydrogen-bond acceptors (Lipinski definition) is 3. The maximum Gasteiger partial charge on any atom is 0.130 e. The molecular weight excluding hydrogens is 276 g/mol. The zero-order valence-electron chi connectivity index (χ0n) is 13.6. The van der Waals surface area contributed by atoms with Gasteiger partial charge in [-0.15, -0.1) is 0 Å². The maximum absolute atomic E-state index is 9.01.